The van der Waals surface area contributed by atoms with Crippen molar-refractivity contribution in [1.29, 1.82) is 0 Å². The molecule has 3 rings (SSSR count). The van der Waals surface area contributed by atoms with Crippen LogP contribution in [0, 0.1) is 0 Å². The number of ether oxygens (including phenoxy) is 2. The monoisotopic (exact) mass is 362 g/mol. The first kappa shape index (κ1) is 18.5. The van der Waals surface area contributed by atoms with Gasteiger partial charge in [0.25, 0.3) is 0 Å². The van der Waals surface area contributed by atoms with Crippen LogP contribution in [0.25, 0.3) is 0 Å². The van der Waals surface area contributed by atoms with Crippen LogP contribution in [-0.2, 0) is 18.8 Å². The number of hydrogen-bond acceptors (Lipinski definition) is 6. The zero-order chi connectivity index (χ0) is 18.7. The van der Waals surface area contributed by atoms with Gasteiger partial charge in [-0.3, -0.25) is 4.79 Å². The van der Waals surface area contributed by atoms with Crippen LogP contribution < -0.4 is 20.8 Å². The molecule has 0 fully saturated rings. The molecule has 0 saturated heterocycles. The van der Waals surface area contributed by atoms with E-state index in [1.54, 1.807) is 20.8 Å². The van der Waals surface area contributed by atoms with Gasteiger partial charge in [0.05, 0.1) is 12.2 Å². The van der Waals surface area contributed by atoms with Gasteiger partial charge in [-0.2, -0.15) is 0 Å². The number of nitrogens with one attached hydrogen (secondary N) is 2. The second-order valence-electron chi connectivity index (χ2n) is 7.19. The van der Waals surface area contributed by atoms with E-state index >= 15 is 0 Å². The van der Waals surface area contributed by atoms with Crippen molar-refractivity contribution in [2.75, 3.05) is 19.7 Å². The van der Waals surface area contributed by atoms with Crippen LogP contribution in [0.3, 0.4) is 0 Å². The highest BCUT2D eigenvalue weighted by atomic mass is 16.6. The van der Waals surface area contributed by atoms with Crippen molar-refractivity contribution in [3.8, 4) is 5.75 Å². The van der Waals surface area contributed by atoms with Crippen molar-refractivity contribution in [2.24, 2.45) is 0 Å². The Kier molecular flexibility index (Phi) is 5.38. The molecule has 140 valence electrons. The van der Waals surface area contributed by atoms with Crippen LogP contribution in [0.1, 0.15) is 32.4 Å². The SMILES string of the molecule is CC(C)(C)OC(=O)NCC1OB2O[C@H](CNC=O)COc3cccc1c32. The fraction of sp³-hybridized carbons (Fsp3) is 0.529. The smallest absolute Gasteiger partial charge is 0.491 e. The second kappa shape index (κ2) is 7.55. The third-order valence-electron chi connectivity index (χ3n) is 3.97. The highest BCUT2D eigenvalue weighted by Gasteiger charge is 2.43. The van der Waals surface area contributed by atoms with Crippen LogP contribution in [0.2, 0.25) is 0 Å². The summed E-state index contributed by atoms with van der Waals surface area (Å²) in [5.74, 6) is 0.695. The van der Waals surface area contributed by atoms with Crippen molar-refractivity contribution in [1.82, 2.24) is 10.6 Å². The molecule has 2 N–H and O–H groups in total. The molecule has 2 heterocycles. The molecule has 2 amide bonds. The molecule has 2 aliphatic rings. The van der Waals surface area contributed by atoms with E-state index in [9.17, 15) is 9.59 Å². The fourth-order valence-electron chi connectivity index (χ4n) is 2.94. The Morgan fingerprint density at radius 2 is 2.15 bits per heavy atom. The Hall–Kier alpha value is -2.26. The number of hydrogen-bond donors (Lipinski definition) is 2. The molecule has 2 aliphatic heterocycles. The molecule has 1 aromatic rings. The van der Waals surface area contributed by atoms with E-state index in [0.717, 1.165) is 11.0 Å². The first-order chi connectivity index (χ1) is 12.4. The summed E-state index contributed by atoms with van der Waals surface area (Å²) in [6.07, 6.45) is -0.581. The van der Waals surface area contributed by atoms with Gasteiger partial charge in [-0.05, 0) is 32.4 Å². The van der Waals surface area contributed by atoms with E-state index in [0.29, 0.717) is 25.3 Å². The van der Waals surface area contributed by atoms with E-state index in [1.165, 1.54) is 0 Å². The lowest BCUT2D eigenvalue weighted by Gasteiger charge is -2.22. The molecule has 0 aliphatic carbocycles. The predicted molar refractivity (Wildman–Crippen MR) is 94.3 cm³/mol. The molecule has 8 nitrogen and oxygen atoms in total. The van der Waals surface area contributed by atoms with Gasteiger partial charge < -0.3 is 29.4 Å². The third kappa shape index (κ3) is 4.28. The molecule has 0 aromatic heterocycles. The Morgan fingerprint density at radius 1 is 1.35 bits per heavy atom. The van der Waals surface area contributed by atoms with Crippen LogP contribution in [0.15, 0.2) is 18.2 Å². The largest absolute Gasteiger partial charge is 0.498 e. The van der Waals surface area contributed by atoms with Crippen molar-refractivity contribution >= 4 is 25.1 Å². The van der Waals surface area contributed by atoms with Gasteiger partial charge >= 0.3 is 13.2 Å². The second-order valence-corrected chi connectivity index (χ2v) is 7.19. The van der Waals surface area contributed by atoms with E-state index in [4.69, 9.17) is 18.8 Å². The van der Waals surface area contributed by atoms with E-state index in [1.807, 2.05) is 18.2 Å². The quantitative estimate of drug-likeness (QED) is 0.585. The maximum atomic E-state index is 11.9. The molecule has 26 heavy (non-hydrogen) atoms. The normalized spacial score (nSPS) is 21.3. The molecule has 1 unspecified atom stereocenters. The molecule has 1 aromatic carbocycles. The van der Waals surface area contributed by atoms with E-state index in [-0.39, 0.29) is 18.8 Å². The predicted octanol–water partition coefficient (Wildman–Crippen LogP) is 0.501. The Labute approximate surface area is 152 Å². The van der Waals surface area contributed by atoms with Crippen molar-refractivity contribution < 1.29 is 28.4 Å². The van der Waals surface area contributed by atoms with Crippen LogP contribution in [0.4, 0.5) is 4.79 Å². The molecular formula is C17H23BN2O6. The number of carbonyl (C=O) groups excluding carboxylic acids is 2. The lowest BCUT2D eigenvalue weighted by Crippen LogP contribution is -2.40. The maximum absolute atomic E-state index is 11.9. The number of rotatable bonds is 5. The van der Waals surface area contributed by atoms with Crippen LogP contribution >= 0.6 is 0 Å². The molecular weight excluding hydrogens is 339 g/mol. The molecule has 0 bridgehead atoms. The minimum absolute atomic E-state index is 0.252. The first-order valence-electron chi connectivity index (χ1n) is 8.58. The van der Waals surface area contributed by atoms with Crippen LogP contribution in [-0.4, -0.2) is 51.0 Å². The molecule has 0 radical (unpaired) electrons. The molecule has 9 heteroatoms. The highest BCUT2D eigenvalue weighted by molar-refractivity contribution is 6.64. The van der Waals surface area contributed by atoms with Crippen molar-refractivity contribution in [3.05, 3.63) is 23.8 Å². The number of carbonyl (C=O) groups is 2. The zero-order valence-corrected chi connectivity index (χ0v) is 15.1. The summed E-state index contributed by atoms with van der Waals surface area (Å²) in [4.78, 5) is 22.4. The van der Waals surface area contributed by atoms with Gasteiger partial charge in [-0.25, -0.2) is 4.79 Å². The minimum Gasteiger partial charge on any atom is -0.491 e. The zero-order valence-electron chi connectivity index (χ0n) is 15.1. The van der Waals surface area contributed by atoms with Crippen LogP contribution in [0.5, 0.6) is 5.75 Å². The summed E-state index contributed by atoms with van der Waals surface area (Å²) in [5.41, 5.74) is 1.18. The Balaban J connectivity index is 1.69. The third-order valence-corrected chi connectivity index (χ3v) is 3.97. The highest BCUT2D eigenvalue weighted by Crippen LogP contribution is 2.30. The van der Waals surface area contributed by atoms with Gasteiger partial charge in [0.1, 0.15) is 18.0 Å². The van der Waals surface area contributed by atoms with Gasteiger partial charge in [0.15, 0.2) is 0 Å². The van der Waals surface area contributed by atoms with Gasteiger partial charge in [-0.15, -0.1) is 0 Å². The molecule has 2 atom stereocenters. The number of benzene rings is 1. The average molecular weight is 362 g/mol. The standard InChI is InChI=1S/C17H23BN2O6/c1-17(2,3)24-16(22)20-8-14-12-5-4-6-13-15(12)18(26-14)25-11(9-23-13)7-19-10-21/h4-6,10-11,14H,7-9H2,1-3H3,(H,19,21)(H,20,22)/t11-,14?/m1/s1. The summed E-state index contributed by atoms with van der Waals surface area (Å²) < 4.78 is 23.0. The lowest BCUT2D eigenvalue weighted by atomic mass is 9.77. The summed E-state index contributed by atoms with van der Waals surface area (Å²) in [6.45, 7) is 6.32. The Morgan fingerprint density at radius 3 is 2.88 bits per heavy atom. The van der Waals surface area contributed by atoms with Crippen molar-refractivity contribution in [2.45, 2.75) is 38.6 Å². The Bertz CT molecular complexity index is 678. The summed E-state index contributed by atoms with van der Waals surface area (Å²) in [6, 6.07) is 5.67. The van der Waals surface area contributed by atoms with Crippen molar-refractivity contribution in [3.63, 3.8) is 0 Å². The topological polar surface area (TPSA) is 95.1 Å². The summed E-state index contributed by atoms with van der Waals surface area (Å²) in [5, 5.41) is 5.32. The first-order valence-corrected chi connectivity index (χ1v) is 8.58. The number of alkyl carbamates (subject to hydrolysis) is 1. The van der Waals surface area contributed by atoms with E-state index in [2.05, 4.69) is 10.6 Å². The fourth-order valence-corrected chi connectivity index (χ4v) is 2.94. The average Bonchev–Trinajstić information content (AvgIpc) is 2.81. The molecule has 0 saturated carbocycles. The van der Waals surface area contributed by atoms with Gasteiger partial charge in [-0.1, -0.05) is 12.1 Å². The van der Waals surface area contributed by atoms with E-state index < -0.39 is 18.8 Å². The van der Waals surface area contributed by atoms with Gasteiger partial charge in [0, 0.05) is 18.6 Å². The lowest BCUT2D eigenvalue weighted by molar-refractivity contribution is -0.110. The number of amides is 2. The maximum Gasteiger partial charge on any atom is 0.498 e. The minimum atomic E-state index is -0.604. The summed E-state index contributed by atoms with van der Waals surface area (Å²) in [7, 11) is -0.604. The summed E-state index contributed by atoms with van der Waals surface area (Å²) >= 11 is 0. The van der Waals surface area contributed by atoms with Gasteiger partial charge in [0.2, 0.25) is 6.41 Å². The molecule has 0 spiro atoms.